The van der Waals surface area contributed by atoms with Crippen molar-refractivity contribution in [3.63, 3.8) is 0 Å². The molecule has 0 amide bonds. The van der Waals surface area contributed by atoms with Gasteiger partial charge in [0.05, 0.1) is 23.4 Å². The third-order valence-corrected chi connectivity index (χ3v) is 8.65. The number of fused-ring (bicyclic) bond motifs is 4. The molecule has 0 fully saturated rings. The summed E-state index contributed by atoms with van der Waals surface area (Å²) in [6, 6.07) is 47.0. The van der Waals surface area contributed by atoms with Crippen LogP contribution in [-0.4, -0.2) is 14.5 Å². The number of nitrogens with zero attached hydrogens (tertiary/aromatic N) is 3. The van der Waals surface area contributed by atoms with E-state index in [1.54, 1.807) is 0 Å². The van der Waals surface area contributed by atoms with Gasteiger partial charge in [0.15, 0.2) is 5.65 Å². The maximum atomic E-state index is 8.80. The Morgan fingerprint density at radius 2 is 0.957 bits per heavy atom. The van der Waals surface area contributed by atoms with Gasteiger partial charge in [0.2, 0.25) is 0 Å². The highest BCUT2D eigenvalue weighted by molar-refractivity contribution is 6.09. The predicted molar refractivity (Wildman–Crippen MR) is 196 cm³/mol. The zero-order chi connectivity index (χ0) is 35.5. The average molecular weight is 605 g/mol. The van der Waals surface area contributed by atoms with E-state index in [2.05, 4.69) is 77.4 Å². The van der Waals surface area contributed by atoms with E-state index in [0.29, 0.717) is 5.56 Å². The minimum absolute atomic E-state index is 0.161. The molecule has 9 rings (SSSR count). The van der Waals surface area contributed by atoms with Crippen molar-refractivity contribution in [2.45, 2.75) is 0 Å². The first kappa shape index (κ1) is 22.2. The molecule has 0 spiro atoms. The van der Waals surface area contributed by atoms with Crippen LogP contribution in [0.3, 0.4) is 0 Å². The fourth-order valence-corrected chi connectivity index (χ4v) is 6.37. The van der Waals surface area contributed by atoms with Gasteiger partial charge in [0.25, 0.3) is 0 Å². The van der Waals surface area contributed by atoms with Crippen molar-refractivity contribution >= 4 is 33.1 Å². The number of para-hydroxylation sites is 3. The summed E-state index contributed by atoms with van der Waals surface area (Å²) in [7, 11) is 0. The summed E-state index contributed by atoms with van der Waals surface area (Å²) in [6.45, 7) is 0. The van der Waals surface area contributed by atoms with Gasteiger partial charge in [-0.3, -0.25) is 4.57 Å². The maximum absolute atomic E-state index is 8.80. The van der Waals surface area contributed by atoms with Gasteiger partial charge < -0.3 is 0 Å². The first-order valence-corrected chi connectivity index (χ1v) is 15.5. The van der Waals surface area contributed by atoms with Gasteiger partial charge >= 0.3 is 0 Å². The van der Waals surface area contributed by atoms with Gasteiger partial charge in [0, 0.05) is 11.1 Å². The van der Waals surface area contributed by atoms with Crippen LogP contribution in [0.1, 0.15) is 6.85 Å². The normalized spacial score (nSPS) is 12.9. The molecule has 0 aliphatic rings. The molecule has 2 heterocycles. The fourth-order valence-electron chi connectivity index (χ4n) is 6.37. The molecule has 7 aromatic carbocycles. The van der Waals surface area contributed by atoms with E-state index >= 15 is 0 Å². The molecule has 0 saturated carbocycles. The van der Waals surface area contributed by atoms with Gasteiger partial charge in [-0.15, -0.1) is 0 Å². The Morgan fingerprint density at radius 1 is 0.426 bits per heavy atom. The topological polar surface area (TPSA) is 30.7 Å². The molecular formula is C44H29N3. The second-order valence-corrected chi connectivity index (χ2v) is 11.5. The lowest BCUT2D eigenvalue weighted by Crippen LogP contribution is -1.96. The summed E-state index contributed by atoms with van der Waals surface area (Å²) in [5.41, 5.74) is 11.5. The zero-order valence-electron chi connectivity index (χ0n) is 30.2. The van der Waals surface area contributed by atoms with Gasteiger partial charge in [-0.2, -0.15) is 0 Å². The van der Waals surface area contributed by atoms with Crippen molar-refractivity contribution in [1.29, 1.82) is 0 Å². The first-order valence-electron chi connectivity index (χ1n) is 18.0. The Hall–Kier alpha value is -6.32. The third-order valence-electron chi connectivity index (χ3n) is 8.65. The summed E-state index contributed by atoms with van der Waals surface area (Å²) in [5.74, 6) is 0. The van der Waals surface area contributed by atoms with Gasteiger partial charge in [-0.1, -0.05) is 121 Å². The molecule has 0 aliphatic carbocycles. The number of benzene rings is 7. The van der Waals surface area contributed by atoms with Crippen LogP contribution in [0.2, 0.25) is 0 Å². The lowest BCUT2D eigenvalue weighted by Gasteiger charge is -2.12. The van der Waals surface area contributed by atoms with E-state index in [-0.39, 0.29) is 29.7 Å². The minimum Gasteiger partial charge on any atom is -0.293 e. The molecule has 0 bridgehead atoms. The monoisotopic (exact) mass is 604 g/mol. The summed E-state index contributed by atoms with van der Waals surface area (Å²) in [5, 5.41) is 0.927. The third kappa shape index (κ3) is 4.86. The molecule has 0 N–H and O–H groups in total. The van der Waals surface area contributed by atoms with E-state index in [4.69, 9.17) is 16.8 Å². The zero-order valence-corrected chi connectivity index (χ0v) is 25.2. The second-order valence-electron chi connectivity index (χ2n) is 11.5. The molecule has 0 atom stereocenters. The predicted octanol–water partition coefficient (Wildman–Crippen LogP) is 11.4. The molecule has 3 heteroatoms. The van der Waals surface area contributed by atoms with Crippen LogP contribution in [0.4, 0.5) is 0 Å². The number of rotatable bonds is 5. The van der Waals surface area contributed by atoms with E-state index in [1.807, 2.05) is 72.8 Å². The largest absolute Gasteiger partial charge is 0.293 e. The highest BCUT2D eigenvalue weighted by atomic mass is 15.1. The lowest BCUT2D eigenvalue weighted by atomic mass is 9.92. The molecular weight excluding hydrogens is 571 g/mol. The molecule has 0 radical (unpaired) electrons. The van der Waals surface area contributed by atoms with Crippen molar-refractivity contribution in [2.75, 3.05) is 0 Å². The average Bonchev–Trinajstić information content (AvgIpc) is 3.51. The molecule has 47 heavy (non-hydrogen) atoms. The van der Waals surface area contributed by atoms with Crippen LogP contribution in [-0.2, 0) is 0 Å². The quantitative estimate of drug-likeness (QED) is 0.196. The second kappa shape index (κ2) is 11.2. The number of hydrogen-bond acceptors (Lipinski definition) is 2. The standard InChI is InChI=1S/C44H29N3/c1-4-12-30(13-5-1)32-20-22-33(23-21-32)36-26-35(31-14-6-2-7-15-31)27-37(28-36)34-24-25-42-39(29-34)43-44(47(42)38-16-8-3-9-17-38)46-41-19-11-10-18-40(41)45-43/h1-29H/i2D,6D,7D,14D,15D. The van der Waals surface area contributed by atoms with E-state index in [1.165, 1.54) is 0 Å². The Balaban J connectivity index is 1.28. The summed E-state index contributed by atoms with van der Waals surface area (Å²) >= 11 is 0. The number of hydrogen-bond donors (Lipinski definition) is 0. The molecule has 220 valence electrons. The van der Waals surface area contributed by atoms with Crippen LogP contribution in [0, 0.1) is 0 Å². The Kier molecular flexibility index (Phi) is 5.32. The Morgan fingerprint density at radius 3 is 1.66 bits per heavy atom. The minimum atomic E-state index is -0.416. The lowest BCUT2D eigenvalue weighted by molar-refractivity contribution is 1.14. The van der Waals surface area contributed by atoms with E-state index in [9.17, 15) is 0 Å². The van der Waals surface area contributed by atoms with Crippen LogP contribution < -0.4 is 0 Å². The molecule has 9 aromatic rings. The van der Waals surface area contributed by atoms with Crippen molar-refractivity contribution in [1.82, 2.24) is 14.5 Å². The molecule has 0 saturated heterocycles. The first-order chi connectivity index (χ1) is 25.4. The number of aromatic nitrogens is 3. The molecule has 2 aromatic heterocycles. The van der Waals surface area contributed by atoms with Crippen molar-refractivity contribution < 1.29 is 6.85 Å². The summed E-state index contributed by atoms with van der Waals surface area (Å²) in [6.07, 6.45) is 0. The smallest absolute Gasteiger partial charge is 0.165 e. The summed E-state index contributed by atoms with van der Waals surface area (Å²) < 4.78 is 44.7. The van der Waals surface area contributed by atoms with Crippen LogP contribution in [0.15, 0.2) is 176 Å². The van der Waals surface area contributed by atoms with Crippen LogP contribution in [0.25, 0.3) is 83.3 Å². The van der Waals surface area contributed by atoms with E-state index < -0.39 is 6.04 Å². The molecule has 0 unspecified atom stereocenters. The highest BCUT2D eigenvalue weighted by Gasteiger charge is 2.17. The molecule has 3 nitrogen and oxygen atoms in total. The Bertz CT molecular complexity index is 2800. The highest BCUT2D eigenvalue weighted by Crippen LogP contribution is 2.37. The van der Waals surface area contributed by atoms with Crippen molar-refractivity contribution in [2.24, 2.45) is 0 Å². The SMILES string of the molecule is [2H]c1c([2H])c([2H])c(-c2cc(-c3ccc(-c4ccccc4)cc3)cc(-c3ccc4c(c3)c3nc5ccccc5nc3n4-c3ccccc3)c2)c([2H])c1[2H]. The van der Waals surface area contributed by atoms with Crippen LogP contribution in [0.5, 0.6) is 0 Å². The van der Waals surface area contributed by atoms with Crippen molar-refractivity contribution in [3.8, 4) is 50.2 Å². The summed E-state index contributed by atoms with van der Waals surface area (Å²) in [4.78, 5) is 10.2. The van der Waals surface area contributed by atoms with Crippen LogP contribution >= 0.6 is 0 Å². The fraction of sp³-hybridized carbons (Fsp3) is 0. The van der Waals surface area contributed by atoms with E-state index in [0.717, 1.165) is 72.2 Å². The van der Waals surface area contributed by atoms with Gasteiger partial charge in [-0.05, 0) is 99.1 Å². The Labute approximate surface area is 280 Å². The maximum Gasteiger partial charge on any atom is 0.165 e. The van der Waals surface area contributed by atoms with Gasteiger partial charge in [0.1, 0.15) is 5.52 Å². The van der Waals surface area contributed by atoms with Crippen molar-refractivity contribution in [3.05, 3.63) is 176 Å². The molecule has 0 aliphatic heterocycles. The van der Waals surface area contributed by atoms with Gasteiger partial charge in [-0.25, -0.2) is 9.97 Å².